The summed E-state index contributed by atoms with van der Waals surface area (Å²) in [4.78, 5) is 12.3. The van der Waals surface area contributed by atoms with Gasteiger partial charge < -0.3 is 15.8 Å². The molecule has 0 radical (unpaired) electrons. The highest BCUT2D eigenvalue weighted by atomic mass is 16.5. The summed E-state index contributed by atoms with van der Waals surface area (Å²) in [6.45, 7) is 6.68. The van der Waals surface area contributed by atoms with Crippen molar-refractivity contribution in [1.82, 2.24) is 5.32 Å². The summed E-state index contributed by atoms with van der Waals surface area (Å²) in [5.74, 6) is -0.0936. The molecule has 0 spiro atoms. The number of carbonyl (C=O) groups is 1. The van der Waals surface area contributed by atoms with Crippen LogP contribution in [0.3, 0.4) is 0 Å². The van der Waals surface area contributed by atoms with Crippen molar-refractivity contribution in [2.45, 2.75) is 45.3 Å². The van der Waals surface area contributed by atoms with E-state index in [0.29, 0.717) is 17.9 Å². The fourth-order valence-corrected chi connectivity index (χ4v) is 2.50. The molecule has 4 nitrogen and oxygen atoms in total. The number of aryl methyl sites for hydroxylation is 1. The summed E-state index contributed by atoms with van der Waals surface area (Å²) >= 11 is 0. The topological polar surface area (TPSA) is 64.3 Å². The van der Waals surface area contributed by atoms with Gasteiger partial charge in [-0.25, -0.2) is 0 Å². The first-order valence-corrected chi connectivity index (χ1v) is 6.69. The van der Waals surface area contributed by atoms with Crippen LogP contribution in [0.25, 0.3) is 0 Å². The molecule has 0 aliphatic carbocycles. The van der Waals surface area contributed by atoms with E-state index in [1.54, 1.807) is 6.07 Å². The van der Waals surface area contributed by atoms with E-state index in [0.717, 1.165) is 18.4 Å². The second-order valence-electron chi connectivity index (χ2n) is 5.81. The van der Waals surface area contributed by atoms with Crippen LogP contribution in [0.2, 0.25) is 0 Å². The minimum absolute atomic E-state index is 0.0936. The molecule has 1 atom stereocenters. The zero-order valence-electron chi connectivity index (χ0n) is 11.8. The Bertz CT molecular complexity index is 483. The molecule has 1 amide bonds. The molecule has 1 heterocycles. The van der Waals surface area contributed by atoms with E-state index < -0.39 is 0 Å². The molecule has 0 saturated carbocycles. The normalized spacial score (nSPS) is 21.9. The summed E-state index contributed by atoms with van der Waals surface area (Å²) < 4.78 is 5.65. The molecule has 0 bridgehead atoms. The summed E-state index contributed by atoms with van der Waals surface area (Å²) in [6.07, 6.45) is 1.67. The van der Waals surface area contributed by atoms with E-state index in [1.165, 1.54) is 0 Å². The van der Waals surface area contributed by atoms with E-state index in [2.05, 4.69) is 5.32 Å². The number of rotatable bonds is 2. The van der Waals surface area contributed by atoms with Crippen molar-refractivity contribution in [3.8, 4) is 0 Å². The highest BCUT2D eigenvalue weighted by Gasteiger charge is 2.30. The third kappa shape index (κ3) is 3.26. The van der Waals surface area contributed by atoms with Gasteiger partial charge in [-0.05, 0) is 45.2 Å². The molecule has 1 aromatic carbocycles. The maximum absolute atomic E-state index is 12.3. The first kappa shape index (κ1) is 13.9. The quantitative estimate of drug-likeness (QED) is 0.804. The largest absolute Gasteiger partial charge is 0.398 e. The SMILES string of the molecule is Cc1cccc(C(=O)NC2CCOC(C)(C)C2)c1N. The minimum atomic E-state index is -0.172. The number of nitrogen functional groups attached to an aromatic ring is 1. The lowest BCUT2D eigenvalue weighted by Gasteiger charge is -2.35. The monoisotopic (exact) mass is 262 g/mol. The summed E-state index contributed by atoms with van der Waals surface area (Å²) in [5.41, 5.74) is 7.84. The Hall–Kier alpha value is -1.55. The number of carbonyl (C=O) groups excluding carboxylic acids is 1. The van der Waals surface area contributed by atoms with E-state index in [9.17, 15) is 4.79 Å². The van der Waals surface area contributed by atoms with Gasteiger partial charge in [0.05, 0.1) is 11.2 Å². The van der Waals surface area contributed by atoms with Crippen molar-refractivity contribution in [1.29, 1.82) is 0 Å². The number of para-hydroxylation sites is 1. The van der Waals surface area contributed by atoms with Crippen LogP contribution in [0.15, 0.2) is 18.2 Å². The summed E-state index contributed by atoms with van der Waals surface area (Å²) in [6, 6.07) is 5.68. The fourth-order valence-electron chi connectivity index (χ4n) is 2.50. The average molecular weight is 262 g/mol. The number of ether oxygens (including phenoxy) is 1. The first-order chi connectivity index (χ1) is 8.89. The van der Waals surface area contributed by atoms with Crippen LogP contribution < -0.4 is 11.1 Å². The van der Waals surface area contributed by atoms with Crippen molar-refractivity contribution in [2.24, 2.45) is 0 Å². The molecule has 1 aliphatic heterocycles. The summed E-state index contributed by atoms with van der Waals surface area (Å²) in [5, 5.41) is 3.06. The predicted molar refractivity (Wildman–Crippen MR) is 76.1 cm³/mol. The number of hydrogen-bond acceptors (Lipinski definition) is 3. The Kier molecular flexibility index (Phi) is 3.80. The van der Waals surface area contributed by atoms with E-state index >= 15 is 0 Å². The summed E-state index contributed by atoms with van der Waals surface area (Å²) in [7, 11) is 0. The lowest BCUT2D eigenvalue weighted by atomic mass is 9.93. The molecule has 3 N–H and O–H groups in total. The van der Waals surface area contributed by atoms with Crippen LogP contribution in [-0.4, -0.2) is 24.2 Å². The standard InChI is InChI=1S/C15H22N2O2/c1-10-5-4-6-12(13(10)16)14(18)17-11-7-8-19-15(2,3)9-11/h4-6,11H,7-9,16H2,1-3H3,(H,17,18). The number of hydrogen-bond donors (Lipinski definition) is 2. The van der Waals surface area contributed by atoms with Gasteiger partial charge in [0.15, 0.2) is 0 Å². The Morgan fingerprint density at radius 3 is 2.89 bits per heavy atom. The maximum Gasteiger partial charge on any atom is 0.253 e. The maximum atomic E-state index is 12.3. The Morgan fingerprint density at radius 2 is 2.21 bits per heavy atom. The van der Waals surface area contributed by atoms with Crippen LogP contribution in [0.1, 0.15) is 42.6 Å². The zero-order chi connectivity index (χ0) is 14.0. The van der Waals surface area contributed by atoms with Crippen LogP contribution >= 0.6 is 0 Å². The highest BCUT2D eigenvalue weighted by Crippen LogP contribution is 2.24. The molecule has 1 aromatic rings. The van der Waals surface area contributed by atoms with Crippen LogP contribution in [-0.2, 0) is 4.74 Å². The average Bonchev–Trinajstić information content (AvgIpc) is 2.31. The third-order valence-electron chi connectivity index (χ3n) is 3.60. The van der Waals surface area contributed by atoms with Crippen LogP contribution in [0.5, 0.6) is 0 Å². The van der Waals surface area contributed by atoms with Gasteiger partial charge in [-0.1, -0.05) is 12.1 Å². The molecule has 1 unspecified atom stereocenters. The minimum Gasteiger partial charge on any atom is -0.398 e. The van der Waals surface area contributed by atoms with Gasteiger partial charge in [0, 0.05) is 18.3 Å². The Balaban J connectivity index is 2.07. The fraction of sp³-hybridized carbons (Fsp3) is 0.533. The van der Waals surface area contributed by atoms with Crippen molar-refractivity contribution in [3.63, 3.8) is 0 Å². The van der Waals surface area contributed by atoms with Crippen molar-refractivity contribution in [3.05, 3.63) is 29.3 Å². The zero-order valence-corrected chi connectivity index (χ0v) is 11.8. The number of nitrogens with two attached hydrogens (primary N) is 1. The van der Waals surface area contributed by atoms with Gasteiger partial charge in [-0.15, -0.1) is 0 Å². The molecule has 104 valence electrons. The Labute approximate surface area is 114 Å². The van der Waals surface area contributed by atoms with Gasteiger partial charge in [0.2, 0.25) is 0 Å². The second-order valence-corrected chi connectivity index (χ2v) is 5.81. The van der Waals surface area contributed by atoms with Crippen LogP contribution in [0, 0.1) is 6.92 Å². The lowest BCUT2D eigenvalue weighted by molar-refractivity contribution is -0.0615. The van der Waals surface area contributed by atoms with Gasteiger partial charge in [-0.3, -0.25) is 4.79 Å². The number of anilines is 1. The molecule has 4 heteroatoms. The lowest BCUT2D eigenvalue weighted by Crippen LogP contribution is -2.45. The molecular weight excluding hydrogens is 240 g/mol. The predicted octanol–water partition coefficient (Wildman–Crippen LogP) is 2.26. The van der Waals surface area contributed by atoms with Gasteiger partial charge >= 0.3 is 0 Å². The van der Waals surface area contributed by atoms with Crippen molar-refractivity contribution < 1.29 is 9.53 Å². The third-order valence-corrected chi connectivity index (χ3v) is 3.60. The van der Waals surface area contributed by atoms with Crippen LogP contribution in [0.4, 0.5) is 5.69 Å². The first-order valence-electron chi connectivity index (χ1n) is 6.69. The van der Waals surface area contributed by atoms with E-state index in [4.69, 9.17) is 10.5 Å². The van der Waals surface area contributed by atoms with Crippen molar-refractivity contribution in [2.75, 3.05) is 12.3 Å². The highest BCUT2D eigenvalue weighted by molar-refractivity contribution is 5.99. The second kappa shape index (κ2) is 5.21. The van der Waals surface area contributed by atoms with E-state index in [-0.39, 0.29) is 17.6 Å². The number of amides is 1. The smallest absolute Gasteiger partial charge is 0.253 e. The van der Waals surface area contributed by atoms with E-state index in [1.807, 2.05) is 32.9 Å². The molecular formula is C15H22N2O2. The Morgan fingerprint density at radius 1 is 1.47 bits per heavy atom. The molecule has 1 fully saturated rings. The van der Waals surface area contributed by atoms with Gasteiger partial charge in [-0.2, -0.15) is 0 Å². The molecule has 2 rings (SSSR count). The van der Waals surface area contributed by atoms with Gasteiger partial charge in [0.1, 0.15) is 0 Å². The number of nitrogens with one attached hydrogen (secondary N) is 1. The molecule has 0 aromatic heterocycles. The molecule has 1 aliphatic rings. The number of benzene rings is 1. The molecule has 19 heavy (non-hydrogen) atoms. The molecule has 1 saturated heterocycles. The van der Waals surface area contributed by atoms with Crippen molar-refractivity contribution >= 4 is 11.6 Å². The van der Waals surface area contributed by atoms with Gasteiger partial charge in [0.25, 0.3) is 5.91 Å².